The van der Waals surface area contributed by atoms with Gasteiger partial charge in [0.1, 0.15) is 11.3 Å². The maximum Gasteiger partial charge on any atom is 0.325 e. The topological polar surface area (TPSA) is 63.2 Å². The van der Waals surface area contributed by atoms with Crippen molar-refractivity contribution in [1.29, 1.82) is 0 Å². The number of ether oxygens (including phenoxy) is 1. The van der Waals surface area contributed by atoms with Crippen LogP contribution in [0.2, 0.25) is 0 Å². The first kappa shape index (κ1) is 14.3. The van der Waals surface area contributed by atoms with Gasteiger partial charge in [-0.3, -0.25) is 5.32 Å². The lowest BCUT2D eigenvalue weighted by atomic mass is 10.2. The molecule has 3 rings (SSSR count). The number of para-hydroxylation sites is 1. The van der Waals surface area contributed by atoms with Crippen LogP contribution in [-0.4, -0.2) is 18.1 Å². The third kappa shape index (κ3) is 2.87. The molecule has 112 valence electrons. The Labute approximate surface area is 131 Å². The highest BCUT2D eigenvalue weighted by molar-refractivity contribution is 7.22. The number of thiazole rings is 1. The fourth-order valence-electron chi connectivity index (χ4n) is 2.11. The first-order valence-corrected chi connectivity index (χ1v) is 7.56. The number of nitrogens with one attached hydrogen (secondary N) is 2. The number of aryl methyl sites for hydroxylation is 1. The third-order valence-corrected chi connectivity index (χ3v) is 4.28. The van der Waals surface area contributed by atoms with E-state index in [1.807, 2.05) is 49.4 Å². The number of carbonyl (C=O) groups is 1. The maximum absolute atomic E-state index is 12.0. The molecule has 2 aromatic carbocycles. The van der Waals surface area contributed by atoms with Crippen molar-refractivity contribution in [3.63, 3.8) is 0 Å². The summed E-state index contributed by atoms with van der Waals surface area (Å²) in [4.78, 5) is 16.5. The molecule has 22 heavy (non-hydrogen) atoms. The zero-order valence-corrected chi connectivity index (χ0v) is 13.0. The van der Waals surface area contributed by atoms with Crippen LogP contribution in [0, 0.1) is 6.92 Å². The van der Waals surface area contributed by atoms with Crippen molar-refractivity contribution >= 4 is 38.4 Å². The Morgan fingerprint density at radius 1 is 1.14 bits per heavy atom. The second-order valence-electron chi connectivity index (χ2n) is 4.73. The van der Waals surface area contributed by atoms with Crippen LogP contribution in [0.3, 0.4) is 0 Å². The molecule has 0 atom stereocenters. The molecule has 0 spiro atoms. The summed E-state index contributed by atoms with van der Waals surface area (Å²) in [5.74, 6) is 0.702. The third-order valence-electron chi connectivity index (χ3n) is 3.18. The van der Waals surface area contributed by atoms with Crippen LogP contribution in [0.25, 0.3) is 10.2 Å². The van der Waals surface area contributed by atoms with Crippen molar-refractivity contribution in [1.82, 2.24) is 4.98 Å². The van der Waals surface area contributed by atoms with Gasteiger partial charge < -0.3 is 10.1 Å². The number of amides is 2. The van der Waals surface area contributed by atoms with Gasteiger partial charge in [0.25, 0.3) is 0 Å². The van der Waals surface area contributed by atoms with Crippen LogP contribution >= 0.6 is 11.3 Å². The summed E-state index contributed by atoms with van der Waals surface area (Å²) in [6, 6.07) is 12.8. The molecule has 5 nitrogen and oxygen atoms in total. The summed E-state index contributed by atoms with van der Waals surface area (Å²) in [5, 5.41) is 6.06. The van der Waals surface area contributed by atoms with Gasteiger partial charge in [-0.1, -0.05) is 35.6 Å². The zero-order valence-electron chi connectivity index (χ0n) is 12.2. The Bertz CT molecular complexity index is 815. The van der Waals surface area contributed by atoms with E-state index in [9.17, 15) is 4.79 Å². The van der Waals surface area contributed by atoms with Crippen LogP contribution in [0.15, 0.2) is 42.5 Å². The second-order valence-corrected chi connectivity index (χ2v) is 5.73. The van der Waals surface area contributed by atoms with Gasteiger partial charge in [-0.2, -0.15) is 0 Å². The molecule has 0 saturated heterocycles. The number of rotatable bonds is 3. The first-order chi connectivity index (χ1) is 10.7. The van der Waals surface area contributed by atoms with Gasteiger partial charge in [-0.25, -0.2) is 9.78 Å². The molecule has 3 aromatic rings. The van der Waals surface area contributed by atoms with Gasteiger partial charge in [-0.15, -0.1) is 0 Å². The maximum atomic E-state index is 12.0. The van der Waals surface area contributed by atoms with Crippen LogP contribution < -0.4 is 15.4 Å². The summed E-state index contributed by atoms with van der Waals surface area (Å²) < 4.78 is 6.32. The van der Waals surface area contributed by atoms with Crippen molar-refractivity contribution in [2.24, 2.45) is 0 Å². The molecule has 0 aliphatic rings. The summed E-state index contributed by atoms with van der Waals surface area (Å²) >= 11 is 1.43. The minimum atomic E-state index is -0.318. The zero-order chi connectivity index (χ0) is 15.5. The number of methoxy groups -OCH3 is 1. The Morgan fingerprint density at radius 2 is 1.91 bits per heavy atom. The second kappa shape index (κ2) is 6.03. The van der Waals surface area contributed by atoms with E-state index in [2.05, 4.69) is 15.6 Å². The van der Waals surface area contributed by atoms with Crippen molar-refractivity contribution in [3.8, 4) is 5.75 Å². The highest BCUT2D eigenvalue weighted by atomic mass is 32.1. The van der Waals surface area contributed by atoms with E-state index in [0.717, 1.165) is 21.5 Å². The largest absolute Gasteiger partial charge is 0.494 e. The number of hydrogen-bond donors (Lipinski definition) is 2. The molecule has 2 amide bonds. The monoisotopic (exact) mass is 313 g/mol. The van der Waals surface area contributed by atoms with Gasteiger partial charge in [0.15, 0.2) is 5.13 Å². The summed E-state index contributed by atoms with van der Waals surface area (Å²) in [7, 11) is 1.61. The molecule has 0 saturated carbocycles. The van der Waals surface area contributed by atoms with Crippen LogP contribution in [-0.2, 0) is 0 Å². The molecule has 0 bridgehead atoms. The molecule has 0 aliphatic heterocycles. The number of urea groups is 1. The Kier molecular flexibility index (Phi) is 3.93. The number of aromatic nitrogens is 1. The standard InChI is InChI=1S/C16H15N3O2S/c1-10-8-9-12(21-2)13-14(10)22-16(18-13)19-15(20)17-11-6-4-3-5-7-11/h3-9H,1-2H3,(H2,17,18,19,20). The highest BCUT2D eigenvalue weighted by Gasteiger charge is 2.13. The first-order valence-electron chi connectivity index (χ1n) is 6.74. The Balaban J connectivity index is 1.82. The van der Waals surface area contributed by atoms with Gasteiger partial charge in [-0.05, 0) is 30.7 Å². The number of benzene rings is 2. The van der Waals surface area contributed by atoms with Gasteiger partial charge in [0.2, 0.25) is 0 Å². The molecular formula is C16H15N3O2S. The van der Waals surface area contributed by atoms with Gasteiger partial charge in [0.05, 0.1) is 11.8 Å². The van der Waals surface area contributed by atoms with Crippen molar-refractivity contribution in [2.75, 3.05) is 17.7 Å². The average Bonchev–Trinajstić information content (AvgIpc) is 2.93. The number of nitrogens with zero attached hydrogens (tertiary/aromatic N) is 1. The van der Waals surface area contributed by atoms with Crippen molar-refractivity contribution in [3.05, 3.63) is 48.0 Å². The summed E-state index contributed by atoms with van der Waals surface area (Å²) in [6.45, 7) is 2.01. The molecule has 1 heterocycles. The van der Waals surface area contributed by atoms with E-state index >= 15 is 0 Å². The molecule has 2 N–H and O–H groups in total. The minimum Gasteiger partial charge on any atom is -0.494 e. The van der Waals surface area contributed by atoms with E-state index < -0.39 is 0 Å². The van der Waals surface area contributed by atoms with E-state index in [1.165, 1.54) is 11.3 Å². The average molecular weight is 313 g/mol. The number of anilines is 2. The molecule has 0 aliphatic carbocycles. The predicted molar refractivity (Wildman–Crippen MR) is 90.0 cm³/mol. The van der Waals surface area contributed by atoms with E-state index in [0.29, 0.717) is 10.9 Å². The minimum absolute atomic E-state index is 0.318. The Hall–Kier alpha value is -2.60. The van der Waals surface area contributed by atoms with Crippen molar-refractivity contribution in [2.45, 2.75) is 6.92 Å². The van der Waals surface area contributed by atoms with Gasteiger partial charge >= 0.3 is 6.03 Å². The lowest BCUT2D eigenvalue weighted by molar-refractivity contribution is 0.262. The summed E-state index contributed by atoms with van der Waals surface area (Å²) in [6.07, 6.45) is 0. The quantitative estimate of drug-likeness (QED) is 0.759. The normalized spacial score (nSPS) is 10.5. The number of hydrogen-bond acceptors (Lipinski definition) is 4. The molecular weight excluding hydrogens is 298 g/mol. The predicted octanol–water partition coefficient (Wildman–Crippen LogP) is 4.26. The van der Waals surface area contributed by atoms with Crippen LogP contribution in [0.1, 0.15) is 5.56 Å². The van der Waals surface area contributed by atoms with Gasteiger partial charge in [0, 0.05) is 5.69 Å². The highest BCUT2D eigenvalue weighted by Crippen LogP contribution is 2.34. The lowest BCUT2D eigenvalue weighted by Crippen LogP contribution is -2.19. The SMILES string of the molecule is COc1ccc(C)c2sc(NC(=O)Nc3ccccc3)nc12. The van der Waals surface area contributed by atoms with Crippen molar-refractivity contribution < 1.29 is 9.53 Å². The van der Waals surface area contributed by atoms with Crippen LogP contribution in [0.4, 0.5) is 15.6 Å². The number of fused-ring (bicyclic) bond motifs is 1. The fraction of sp³-hybridized carbons (Fsp3) is 0.125. The Morgan fingerprint density at radius 3 is 2.64 bits per heavy atom. The van der Waals surface area contributed by atoms with Crippen LogP contribution in [0.5, 0.6) is 5.75 Å². The smallest absolute Gasteiger partial charge is 0.325 e. The molecule has 0 radical (unpaired) electrons. The van der Waals surface area contributed by atoms with E-state index in [4.69, 9.17) is 4.74 Å². The van der Waals surface area contributed by atoms with E-state index in [1.54, 1.807) is 7.11 Å². The molecule has 6 heteroatoms. The van der Waals surface area contributed by atoms with E-state index in [-0.39, 0.29) is 6.03 Å². The fourth-order valence-corrected chi connectivity index (χ4v) is 3.05. The molecule has 0 unspecified atom stereocenters. The molecule has 0 fully saturated rings. The summed E-state index contributed by atoms with van der Waals surface area (Å²) in [5.41, 5.74) is 2.60. The number of carbonyl (C=O) groups excluding carboxylic acids is 1. The lowest BCUT2D eigenvalue weighted by Gasteiger charge is -2.04. The molecule has 1 aromatic heterocycles.